The van der Waals surface area contributed by atoms with Gasteiger partial charge in [0.2, 0.25) is 5.88 Å². The molecule has 0 aliphatic carbocycles. The number of anilines is 1. The van der Waals surface area contributed by atoms with Crippen molar-refractivity contribution in [3.05, 3.63) is 69.0 Å². The summed E-state index contributed by atoms with van der Waals surface area (Å²) in [5.41, 5.74) is 7.29. The third-order valence-corrected chi connectivity index (χ3v) is 5.48. The number of carbonyl (C=O) groups excluding carboxylic acids is 2. The second kappa shape index (κ2) is 8.56. The fourth-order valence-electron chi connectivity index (χ4n) is 3.28. The molecule has 0 saturated heterocycles. The van der Waals surface area contributed by atoms with Gasteiger partial charge in [0.25, 0.3) is 11.8 Å². The summed E-state index contributed by atoms with van der Waals surface area (Å²) in [5, 5.41) is 8.10. The number of fused-ring (bicyclic) bond motifs is 1. The van der Waals surface area contributed by atoms with Gasteiger partial charge in [0.05, 0.1) is 28.9 Å². The Bertz CT molecular complexity index is 1390. The van der Waals surface area contributed by atoms with E-state index in [9.17, 15) is 9.59 Å². The zero-order valence-electron chi connectivity index (χ0n) is 16.9. The summed E-state index contributed by atoms with van der Waals surface area (Å²) in [6, 6.07) is 9.84. The molecular weight excluding hydrogens is 500 g/mol. The van der Waals surface area contributed by atoms with Gasteiger partial charge in [-0.25, -0.2) is 14.6 Å². The number of halogens is 2. The Hall–Kier alpha value is -3.50. The van der Waals surface area contributed by atoms with Crippen LogP contribution in [0, 0.1) is 6.92 Å². The molecule has 4 aromatic rings. The number of methoxy groups -OCH3 is 1. The number of nitrogens with one attached hydrogen (secondary N) is 1. The largest absolute Gasteiger partial charge is 0.481 e. The Morgan fingerprint density at radius 1 is 1.25 bits per heavy atom. The van der Waals surface area contributed by atoms with Gasteiger partial charge in [-0.1, -0.05) is 11.6 Å². The first kappa shape index (κ1) is 21.7. The predicted octanol–water partition coefficient (Wildman–Crippen LogP) is 3.90. The summed E-state index contributed by atoms with van der Waals surface area (Å²) in [7, 11) is 1.50. The number of pyridine rings is 2. The smallest absolute Gasteiger partial charge is 0.274 e. The maximum atomic E-state index is 13.2. The predicted molar refractivity (Wildman–Crippen MR) is 124 cm³/mol. The number of aryl methyl sites for hydroxylation is 1. The molecule has 0 radical (unpaired) electrons. The molecule has 0 aliphatic rings. The SMILES string of the molecule is COc1ccc2c(C)c(NC(=O)c3cc(Br)nn3-c3ncccc3Cl)c(C(N)=O)cc2n1. The summed E-state index contributed by atoms with van der Waals surface area (Å²) < 4.78 is 6.88. The van der Waals surface area contributed by atoms with Crippen molar-refractivity contribution in [1.29, 1.82) is 0 Å². The van der Waals surface area contributed by atoms with Crippen molar-refractivity contribution < 1.29 is 14.3 Å². The second-order valence-electron chi connectivity index (χ2n) is 6.74. The highest BCUT2D eigenvalue weighted by Gasteiger charge is 2.22. The van der Waals surface area contributed by atoms with Crippen LogP contribution in [0.15, 0.2) is 47.2 Å². The van der Waals surface area contributed by atoms with Gasteiger partial charge in [0.15, 0.2) is 5.82 Å². The van der Waals surface area contributed by atoms with E-state index in [1.54, 1.807) is 37.4 Å². The number of ether oxygens (including phenoxy) is 1. The molecule has 9 nitrogen and oxygen atoms in total. The summed E-state index contributed by atoms with van der Waals surface area (Å²) in [5.74, 6) is -0.564. The maximum Gasteiger partial charge on any atom is 0.274 e. The fraction of sp³-hybridized carbons (Fsp3) is 0.0952. The minimum atomic E-state index is -0.711. The van der Waals surface area contributed by atoms with Crippen LogP contribution in [0.5, 0.6) is 5.88 Å². The molecule has 4 rings (SSSR count). The fourth-order valence-corrected chi connectivity index (χ4v) is 3.86. The Balaban J connectivity index is 1.82. The van der Waals surface area contributed by atoms with Crippen molar-refractivity contribution in [2.45, 2.75) is 6.92 Å². The topological polar surface area (TPSA) is 125 Å². The quantitative estimate of drug-likeness (QED) is 0.415. The molecule has 0 aliphatic heterocycles. The summed E-state index contributed by atoms with van der Waals surface area (Å²) in [6.07, 6.45) is 1.54. The van der Waals surface area contributed by atoms with Gasteiger partial charge in [0.1, 0.15) is 10.3 Å². The average molecular weight is 516 g/mol. The molecule has 32 heavy (non-hydrogen) atoms. The van der Waals surface area contributed by atoms with Crippen LogP contribution in [0.25, 0.3) is 16.7 Å². The van der Waals surface area contributed by atoms with E-state index in [0.29, 0.717) is 26.6 Å². The summed E-state index contributed by atoms with van der Waals surface area (Å²) >= 11 is 9.52. The van der Waals surface area contributed by atoms with E-state index in [-0.39, 0.29) is 22.8 Å². The minimum Gasteiger partial charge on any atom is -0.481 e. The van der Waals surface area contributed by atoms with Crippen molar-refractivity contribution in [2.75, 3.05) is 12.4 Å². The van der Waals surface area contributed by atoms with Crippen LogP contribution < -0.4 is 15.8 Å². The molecule has 0 atom stereocenters. The molecule has 3 N–H and O–H groups in total. The number of rotatable bonds is 5. The van der Waals surface area contributed by atoms with E-state index >= 15 is 0 Å². The molecule has 2 amide bonds. The van der Waals surface area contributed by atoms with E-state index in [2.05, 4.69) is 36.3 Å². The van der Waals surface area contributed by atoms with E-state index in [1.807, 2.05) is 0 Å². The van der Waals surface area contributed by atoms with Crippen LogP contribution >= 0.6 is 27.5 Å². The van der Waals surface area contributed by atoms with Gasteiger partial charge in [0, 0.05) is 23.7 Å². The summed E-state index contributed by atoms with van der Waals surface area (Å²) in [4.78, 5) is 34.0. The van der Waals surface area contributed by atoms with E-state index in [1.165, 1.54) is 23.9 Å². The van der Waals surface area contributed by atoms with Crippen molar-refractivity contribution in [1.82, 2.24) is 19.7 Å². The van der Waals surface area contributed by atoms with Crippen LogP contribution in [-0.4, -0.2) is 38.7 Å². The standard InChI is InChI=1S/C21H16BrClN6O3/c1-10-11-5-6-17(32-2)26-14(11)8-12(19(24)30)18(10)27-21(31)15-9-16(22)28-29(15)20-13(23)4-3-7-25-20/h3-9H,1-2H3,(H2,24,30)(H,27,31). The van der Waals surface area contributed by atoms with Crippen molar-refractivity contribution in [2.24, 2.45) is 5.73 Å². The number of carbonyl (C=O) groups is 2. The zero-order chi connectivity index (χ0) is 23.0. The number of benzene rings is 1. The van der Waals surface area contributed by atoms with Crippen molar-refractivity contribution >= 4 is 55.9 Å². The first-order valence-electron chi connectivity index (χ1n) is 9.26. The van der Waals surface area contributed by atoms with Gasteiger partial charge >= 0.3 is 0 Å². The lowest BCUT2D eigenvalue weighted by atomic mass is 10.0. The first-order valence-corrected chi connectivity index (χ1v) is 10.4. The molecule has 0 spiro atoms. The molecule has 162 valence electrons. The van der Waals surface area contributed by atoms with Crippen LogP contribution in [0.2, 0.25) is 5.02 Å². The Kier molecular flexibility index (Phi) is 5.81. The molecule has 0 fully saturated rings. The highest BCUT2D eigenvalue weighted by Crippen LogP contribution is 2.31. The van der Waals surface area contributed by atoms with Gasteiger partial charge in [-0.05, 0) is 52.7 Å². The van der Waals surface area contributed by atoms with Crippen LogP contribution in [-0.2, 0) is 0 Å². The number of primary amides is 1. The number of nitrogens with two attached hydrogens (primary N) is 1. The molecular formula is C21H16BrClN6O3. The van der Waals surface area contributed by atoms with Gasteiger partial charge in [-0.15, -0.1) is 0 Å². The number of nitrogens with zero attached hydrogens (tertiary/aromatic N) is 4. The Morgan fingerprint density at radius 2 is 2.03 bits per heavy atom. The minimum absolute atomic E-state index is 0.116. The lowest BCUT2D eigenvalue weighted by Gasteiger charge is -2.15. The lowest BCUT2D eigenvalue weighted by molar-refractivity contribution is 0.100. The lowest BCUT2D eigenvalue weighted by Crippen LogP contribution is -2.22. The van der Waals surface area contributed by atoms with E-state index < -0.39 is 11.8 Å². The van der Waals surface area contributed by atoms with Crippen LogP contribution in [0.1, 0.15) is 26.4 Å². The highest BCUT2D eigenvalue weighted by atomic mass is 79.9. The maximum absolute atomic E-state index is 13.2. The molecule has 0 unspecified atom stereocenters. The number of aromatic nitrogens is 4. The third-order valence-electron chi connectivity index (χ3n) is 4.79. The van der Waals surface area contributed by atoms with Gasteiger partial charge in [-0.3, -0.25) is 9.59 Å². The monoisotopic (exact) mass is 514 g/mol. The summed E-state index contributed by atoms with van der Waals surface area (Å²) in [6.45, 7) is 1.77. The Labute approximate surface area is 195 Å². The molecule has 11 heteroatoms. The second-order valence-corrected chi connectivity index (χ2v) is 7.96. The molecule has 3 heterocycles. The van der Waals surface area contributed by atoms with Gasteiger partial charge < -0.3 is 15.8 Å². The van der Waals surface area contributed by atoms with E-state index in [4.69, 9.17) is 22.1 Å². The average Bonchev–Trinajstić information content (AvgIpc) is 3.16. The molecule has 0 bridgehead atoms. The van der Waals surface area contributed by atoms with Crippen molar-refractivity contribution in [3.8, 4) is 11.7 Å². The Morgan fingerprint density at radius 3 is 2.72 bits per heavy atom. The molecule has 3 aromatic heterocycles. The normalized spacial score (nSPS) is 10.9. The third kappa shape index (κ3) is 3.90. The number of amides is 2. The molecule has 1 aromatic carbocycles. The first-order chi connectivity index (χ1) is 15.3. The molecule has 0 saturated carbocycles. The van der Waals surface area contributed by atoms with E-state index in [0.717, 1.165) is 5.39 Å². The van der Waals surface area contributed by atoms with Crippen LogP contribution in [0.4, 0.5) is 5.69 Å². The number of hydrogen-bond acceptors (Lipinski definition) is 6. The zero-order valence-corrected chi connectivity index (χ0v) is 19.2. The van der Waals surface area contributed by atoms with Crippen LogP contribution in [0.3, 0.4) is 0 Å². The van der Waals surface area contributed by atoms with Gasteiger partial charge in [-0.2, -0.15) is 5.10 Å². The highest BCUT2D eigenvalue weighted by molar-refractivity contribution is 9.10. The van der Waals surface area contributed by atoms with Crippen molar-refractivity contribution in [3.63, 3.8) is 0 Å². The number of hydrogen-bond donors (Lipinski definition) is 2.